The van der Waals surface area contributed by atoms with Crippen LogP contribution in [0.2, 0.25) is 0 Å². The van der Waals surface area contributed by atoms with E-state index in [4.69, 9.17) is 5.73 Å². The van der Waals surface area contributed by atoms with Crippen LogP contribution >= 0.6 is 24.8 Å². The molecule has 5 nitrogen and oxygen atoms in total. The van der Waals surface area contributed by atoms with E-state index in [0.717, 1.165) is 44.5 Å². The average molecular weight is 364 g/mol. The molecule has 2 rings (SSSR count). The molecule has 1 saturated heterocycles. The zero-order chi connectivity index (χ0) is 15.2. The molecule has 1 fully saturated rings. The maximum atomic E-state index is 12.1. The van der Waals surface area contributed by atoms with Gasteiger partial charge in [0, 0.05) is 30.9 Å². The maximum absolute atomic E-state index is 12.1. The fourth-order valence-corrected chi connectivity index (χ4v) is 2.63. The Hall–Kier alpha value is -1.01. The Morgan fingerprint density at radius 2 is 2.00 bits per heavy atom. The van der Waals surface area contributed by atoms with Crippen molar-refractivity contribution >= 4 is 36.4 Å². The quantitative estimate of drug-likeness (QED) is 0.552. The number of nitrogens with zero attached hydrogens (tertiary/aromatic N) is 1. The highest BCUT2D eigenvalue weighted by Crippen LogP contribution is 2.12. The highest BCUT2D eigenvalue weighted by atomic mass is 35.5. The summed E-state index contributed by atoms with van der Waals surface area (Å²) in [4.78, 5) is 14.4. The number of amides is 1. The van der Waals surface area contributed by atoms with Crippen LogP contribution in [0.5, 0.6) is 0 Å². The summed E-state index contributed by atoms with van der Waals surface area (Å²) in [6.45, 7) is 5.43. The van der Waals surface area contributed by atoms with Gasteiger partial charge in [-0.25, -0.2) is 0 Å². The summed E-state index contributed by atoms with van der Waals surface area (Å²) >= 11 is 0. The van der Waals surface area contributed by atoms with E-state index in [1.54, 1.807) is 12.1 Å². The highest BCUT2D eigenvalue weighted by molar-refractivity contribution is 5.96. The van der Waals surface area contributed by atoms with Gasteiger partial charge in [0.25, 0.3) is 5.91 Å². The number of benzene rings is 1. The first-order valence-electron chi connectivity index (χ1n) is 7.61. The van der Waals surface area contributed by atoms with E-state index in [1.807, 2.05) is 13.0 Å². The molecule has 1 aliphatic rings. The van der Waals surface area contributed by atoms with Crippen LogP contribution in [0.15, 0.2) is 18.2 Å². The minimum absolute atomic E-state index is 0. The fraction of sp³-hybridized carbons (Fsp3) is 0.562. The number of carbonyl (C=O) groups is 1. The second kappa shape index (κ2) is 10.7. The van der Waals surface area contributed by atoms with Gasteiger partial charge in [-0.15, -0.1) is 24.8 Å². The number of piperidine rings is 1. The molecule has 132 valence electrons. The number of likely N-dealkylation sites (tertiary alicyclic amines) is 1. The predicted molar refractivity (Wildman–Crippen MR) is 98.7 cm³/mol. The van der Waals surface area contributed by atoms with Crippen LogP contribution in [-0.4, -0.2) is 48.2 Å². The van der Waals surface area contributed by atoms with Gasteiger partial charge in [-0.3, -0.25) is 4.79 Å². The number of aryl methyl sites for hydroxylation is 1. The van der Waals surface area contributed by atoms with Crippen LogP contribution in [-0.2, 0) is 0 Å². The summed E-state index contributed by atoms with van der Waals surface area (Å²) in [5.74, 6) is -0.0612. The van der Waals surface area contributed by atoms with Crippen molar-refractivity contribution in [1.29, 1.82) is 0 Å². The van der Waals surface area contributed by atoms with Crippen molar-refractivity contribution in [2.75, 3.05) is 31.9 Å². The largest absolute Gasteiger partial charge is 0.399 e. The van der Waals surface area contributed by atoms with E-state index in [2.05, 4.69) is 10.2 Å². The van der Waals surface area contributed by atoms with Gasteiger partial charge >= 0.3 is 0 Å². The van der Waals surface area contributed by atoms with Crippen LogP contribution < -0.4 is 11.1 Å². The van der Waals surface area contributed by atoms with Gasteiger partial charge in [0.1, 0.15) is 0 Å². The number of aliphatic hydroxyl groups is 1. The van der Waals surface area contributed by atoms with Crippen molar-refractivity contribution in [3.05, 3.63) is 29.3 Å². The summed E-state index contributed by atoms with van der Waals surface area (Å²) in [5, 5.41) is 12.4. The summed E-state index contributed by atoms with van der Waals surface area (Å²) < 4.78 is 0. The molecule has 0 unspecified atom stereocenters. The Labute approximate surface area is 150 Å². The van der Waals surface area contributed by atoms with Crippen molar-refractivity contribution in [2.24, 2.45) is 0 Å². The van der Waals surface area contributed by atoms with Gasteiger partial charge in [0.2, 0.25) is 0 Å². The summed E-state index contributed by atoms with van der Waals surface area (Å²) in [6, 6.07) is 5.39. The smallest absolute Gasteiger partial charge is 0.251 e. The number of nitrogen functional groups attached to an aromatic ring is 1. The lowest BCUT2D eigenvalue weighted by Crippen LogP contribution is -2.37. The molecule has 0 atom stereocenters. The molecule has 0 spiro atoms. The summed E-state index contributed by atoms with van der Waals surface area (Å²) in [5.41, 5.74) is 7.92. The second-order valence-corrected chi connectivity index (χ2v) is 5.76. The number of hydrogen-bond acceptors (Lipinski definition) is 4. The molecule has 1 amide bonds. The number of hydrogen-bond donors (Lipinski definition) is 3. The Bertz CT molecular complexity index is 492. The number of carbonyl (C=O) groups excluding carboxylic acids is 1. The lowest BCUT2D eigenvalue weighted by molar-refractivity contribution is 0.0816. The summed E-state index contributed by atoms with van der Waals surface area (Å²) in [6.07, 6.45) is 2.50. The SMILES string of the molecule is Cc1ccc(N)cc1C(=O)NCCCN1CCC(O)CC1.Cl.Cl. The second-order valence-electron chi connectivity index (χ2n) is 5.76. The number of nitrogens with two attached hydrogens (primary N) is 1. The van der Waals surface area contributed by atoms with Crippen molar-refractivity contribution in [3.8, 4) is 0 Å². The molecular formula is C16H27Cl2N3O2. The molecule has 0 bridgehead atoms. The molecule has 1 heterocycles. The predicted octanol–water partition coefficient (Wildman–Crippen LogP) is 2.00. The van der Waals surface area contributed by atoms with Crippen LogP contribution in [0, 0.1) is 6.92 Å². The van der Waals surface area contributed by atoms with Gasteiger partial charge in [0.15, 0.2) is 0 Å². The topological polar surface area (TPSA) is 78.6 Å². The monoisotopic (exact) mass is 363 g/mol. The fourth-order valence-electron chi connectivity index (χ4n) is 2.63. The lowest BCUT2D eigenvalue weighted by atomic mass is 10.1. The highest BCUT2D eigenvalue weighted by Gasteiger charge is 2.16. The zero-order valence-electron chi connectivity index (χ0n) is 13.5. The Balaban J connectivity index is 0.00000242. The Morgan fingerprint density at radius 1 is 1.35 bits per heavy atom. The molecule has 7 heteroatoms. The first kappa shape index (κ1) is 22.0. The number of nitrogens with one attached hydrogen (secondary N) is 1. The van der Waals surface area contributed by atoms with Crippen LogP contribution in [0.4, 0.5) is 5.69 Å². The first-order chi connectivity index (χ1) is 10.1. The van der Waals surface area contributed by atoms with Gasteiger partial charge in [-0.2, -0.15) is 0 Å². The maximum Gasteiger partial charge on any atom is 0.251 e. The minimum atomic E-state index is -0.132. The third-order valence-electron chi connectivity index (χ3n) is 4.00. The Kier molecular flexibility index (Phi) is 10.2. The molecule has 1 aromatic carbocycles. The molecular weight excluding hydrogens is 337 g/mol. The minimum Gasteiger partial charge on any atom is -0.399 e. The molecule has 0 aromatic heterocycles. The van der Waals surface area contributed by atoms with E-state index in [0.29, 0.717) is 17.8 Å². The van der Waals surface area contributed by atoms with E-state index >= 15 is 0 Å². The normalized spacial score (nSPS) is 15.4. The third-order valence-corrected chi connectivity index (χ3v) is 4.00. The molecule has 0 radical (unpaired) electrons. The summed E-state index contributed by atoms with van der Waals surface area (Å²) in [7, 11) is 0. The average Bonchev–Trinajstić information content (AvgIpc) is 2.47. The van der Waals surface area contributed by atoms with E-state index in [1.165, 1.54) is 0 Å². The standard InChI is InChI=1S/C16H25N3O2.2ClH/c1-12-3-4-13(17)11-15(12)16(21)18-7-2-8-19-9-5-14(20)6-10-19;;/h3-4,11,14,20H,2,5-10,17H2,1H3,(H,18,21);2*1H. The van der Waals surface area contributed by atoms with Crippen molar-refractivity contribution in [1.82, 2.24) is 10.2 Å². The Morgan fingerprint density at radius 3 is 2.65 bits per heavy atom. The van der Waals surface area contributed by atoms with Gasteiger partial charge < -0.3 is 21.1 Å². The third kappa shape index (κ3) is 6.96. The zero-order valence-corrected chi connectivity index (χ0v) is 15.1. The molecule has 1 aromatic rings. The molecule has 0 aliphatic carbocycles. The van der Waals surface area contributed by atoms with Crippen molar-refractivity contribution in [2.45, 2.75) is 32.3 Å². The van der Waals surface area contributed by atoms with Crippen molar-refractivity contribution in [3.63, 3.8) is 0 Å². The molecule has 4 N–H and O–H groups in total. The number of aliphatic hydroxyl groups excluding tert-OH is 1. The van der Waals surface area contributed by atoms with Gasteiger partial charge in [0.05, 0.1) is 6.10 Å². The number of halogens is 2. The van der Waals surface area contributed by atoms with E-state index < -0.39 is 0 Å². The van der Waals surface area contributed by atoms with Crippen LogP contribution in [0.25, 0.3) is 0 Å². The van der Waals surface area contributed by atoms with Crippen LogP contribution in [0.1, 0.15) is 35.2 Å². The molecule has 1 aliphatic heterocycles. The van der Waals surface area contributed by atoms with Gasteiger partial charge in [-0.05, 0) is 50.4 Å². The first-order valence-corrected chi connectivity index (χ1v) is 7.61. The molecule has 0 saturated carbocycles. The number of rotatable bonds is 5. The van der Waals surface area contributed by atoms with Crippen LogP contribution in [0.3, 0.4) is 0 Å². The van der Waals surface area contributed by atoms with E-state index in [9.17, 15) is 9.90 Å². The van der Waals surface area contributed by atoms with Crippen molar-refractivity contribution < 1.29 is 9.90 Å². The number of anilines is 1. The van der Waals surface area contributed by atoms with E-state index in [-0.39, 0.29) is 36.8 Å². The van der Waals surface area contributed by atoms with Gasteiger partial charge in [-0.1, -0.05) is 6.07 Å². The lowest BCUT2D eigenvalue weighted by Gasteiger charge is -2.29. The molecule has 23 heavy (non-hydrogen) atoms.